The van der Waals surface area contributed by atoms with Crippen LogP contribution in [0.25, 0.3) is 22.2 Å². The lowest BCUT2D eigenvalue weighted by molar-refractivity contribution is 0.102. The molecule has 0 saturated heterocycles. The van der Waals surface area contributed by atoms with Gasteiger partial charge in [-0.3, -0.25) is 10.1 Å². The molecule has 0 atom stereocenters. The van der Waals surface area contributed by atoms with Crippen molar-refractivity contribution >= 4 is 54.9 Å². The minimum atomic E-state index is -3.78. The first-order chi connectivity index (χ1) is 14.7. The molecule has 0 unspecified atom stereocenters. The zero-order valence-corrected chi connectivity index (χ0v) is 19.3. The fourth-order valence-corrected chi connectivity index (χ4v) is 5.35. The number of nitrogens with zero attached hydrogens (tertiary/aromatic N) is 2. The molecule has 4 aromatic rings. The highest BCUT2D eigenvalue weighted by Crippen LogP contribution is 2.34. The van der Waals surface area contributed by atoms with Crippen LogP contribution >= 0.6 is 22.9 Å². The number of carbonyl (C=O) groups excluding carboxylic acids is 1. The number of fused-ring (bicyclic) bond motifs is 1. The molecule has 2 aromatic heterocycles. The van der Waals surface area contributed by atoms with Crippen LogP contribution in [0.5, 0.6) is 0 Å². The molecule has 0 radical (unpaired) electrons. The van der Waals surface area contributed by atoms with Crippen LogP contribution in [0.1, 0.15) is 16.1 Å². The molecule has 0 aliphatic rings. The third-order valence-corrected chi connectivity index (χ3v) is 7.88. The van der Waals surface area contributed by atoms with E-state index >= 15 is 0 Å². The Morgan fingerprint density at radius 2 is 1.94 bits per heavy atom. The molecule has 0 bridgehead atoms. The molecular formula is C21H19ClN4O3S2. The third-order valence-electron chi connectivity index (χ3n) is 4.83. The van der Waals surface area contributed by atoms with Crippen molar-refractivity contribution < 1.29 is 13.2 Å². The monoisotopic (exact) mass is 474 g/mol. The number of hydrogen-bond acceptors (Lipinski definition) is 5. The van der Waals surface area contributed by atoms with E-state index in [0.29, 0.717) is 5.13 Å². The number of nitrogens with one attached hydrogen (secondary N) is 2. The number of halogens is 1. The van der Waals surface area contributed by atoms with E-state index in [0.717, 1.165) is 32.2 Å². The summed E-state index contributed by atoms with van der Waals surface area (Å²) in [6.07, 6.45) is 0. The number of aromatic nitrogens is 2. The second-order valence-electron chi connectivity index (χ2n) is 7.10. The lowest BCUT2D eigenvalue weighted by Crippen LogP contribution is -2.23. The Kier molecular flexibility index (Phi) is 5.61. The van der Waals surface area contributed by atoms with Crippen LogP contribution in [-0.2, 0) is 10.0 Å². The van der Waals surface area contributed by atoms with Crippen LogP contribution in [0, 0.1) is 6.92 Å². The Bertz CT molecular complexity index is 1410. The molecule has 2 aromatic carbocycles. The highest BCUT2D eigenvalue weighted by atomic mass is 35.5. The van der Waals surface area contributed by atoms with Crippen LogP contribution in [0.4, 0.5) is 5.13 Å². The van der Waals surface area contributed by atoms with Gasteiger partial charge in [-0.15, -0.1) is 11.3 Å². The van der Waals surface area contributed by atoms with Crippen LogP contribution in [0.3, 0.4) is 0 Å². The van der Waals surface area contributed by atoms with Crippen molar-refractivity contribution in [3.8, 4) is 11.3 Å². The van der Waals surface area contributed by atoms with Crippen molar-refractivity contribution in [1.29, 1.82) is 0 Å². The van der Waals surface area contributed by atoms with Gasteiger partial charge in [0.15, 0.2) is 5.13 Å². The molecule has 7 nitrogen and oxygen atoms in total. The van der Waals surface area contributed by atoms with E-state index in [1.54, 1.807) is 0 Å². The van der Waals surface area contributed by atoms with E-state index in [4.69, 9.17) is 11.6 Å². The number of anilines is 1. The molecule has 0 saturated carbocycles. The quantitative estimate of drug-likeness (QED) is 0.436. The van der Waals surface area contributed by atoms with E-state index in [2.05, 4.69) is 15.3 Å². The van der Waals surface area contributed by atoms with Crippen molar-refractivity contribution in [2.24, 2.45) is 0 Å². The predicted molar refractivity (Wildman–Crippen MR) is 124 cm³/mol. The molecule has 0 spiro atoms. The van der Waals surface area contributed by atoms with Crippen molar-refractivity contribution in [2.45, 2.75) is 11.8 Å². The lowest BCUT2D eigenvalue weighted by Gasteiger charge is -2.13. The van der Waals surface area contributed by atoms with Crippen molar-refractivity contribution in [1.82, 2.24) is 14.3 Å². The highest BCUT2D eigenvalue weighted by Gasteiger charge is 2.23. The smallest absolute Gasteiger partial charge is 0.257 e. The number of hydrogen-bond donors (Lipinski definition) is 2. The maximum absolute atomic E-state index is 12.7. The van der Waals surface area contributed by atoms with Gasteiger partial charge in [-0.05, 0) is 31.2 Å². The van der Waals surface area contributed by atoms with E-state index in [1.165, 1.54) is 43.6 Å². The van der Waals surface area contributed by atoms with Gasteiger partial charge in [0.1, 0.15) is 4.90 Å². The van der Waals surface area contributed by atoms with Crippen LogP contribution in [0.2, 0.25) is 5.02 Å². The number of benzene rings is 2. The average Bonchev–Trinajstić information content (AvgIpc) is 3.30. The maximum atomic E-state index is 12.7. The average molecular weight is 475 g/mol. The number of carbonyl (C=O) groups is 1. The van der Waals surface area contributed by atoms with Gasteiger partial charge < -0.3 is 4.98 Å². The van der Waals surface area contributed by atoms with Gasteiger partial charge in [-0.25, -0.2) is 17.7 Å². The Labute approximate surface area is 188 Å². The summed E-state index contributed by atoms with van der Waals surface area (Å²) in [4.78, 5) is 20.5. The number of para-hydroxylation sites is 1. The summed E-state index contributed by atoms with van der Waals surface area (Å²) in [7, 11) is -0.973. The predicted octanol–water partition coefficient (Wildman–Crippen LogP) is 4.76. The summed E-state index contributed by atoms with van der Waals surface area (Å²) in [5.74, 6) is -0.469. The van der Waals surface area contributed by atoms with Crippen molar-refractivity contribution in [3.63, 3.8) is 0 Å². The number of aromatic amines is 1. The fourth-order valence-electron chi connectivity index (χ4n) is 3.26. The summed E-state index contributed by atoms with van der Waals surface area (Å²) in [5.41, 5.74) is 3.91. The van der Waals surface area contributed by atoms with Gasteiger partial charge in [-0.2, -0.15) is 0 Å². The highest BCUT2D eigenvalue weighted by molar-refractivity contribution is 7.89. The third kappa shape index (κ3) is 3.97. The van der Waals surface area contributed by atoms with Crippen molar-refractivity contribution in [2.75, 3.05) is 19.4 Å². The summed E-state index contributed by atoms with van der Waals surface area (Å²) in [6, 6.07) is 12.1. The lowest BCUT2D eigenvalue weighted by atomic mass is 10.1. The van der Waals surface area contributed by atoms with Crippen LogP contribution < -0.4 is 5.32 Å². The van der Waals surface area contributed by atoms with Gasteiger partial charge in [0, 0.05) is 47.2 Å². The molecule has 0 aliphatic heterocycles. The molecule has 2 heterocycles. The Morgan fingerprint density at radius 3 is 2.68 bits per heavy atom. The summed E-state index contributed by atoms with van der Waals surface area (Å²) in [5, 5.41) is 6.14. The molecule has 0 aliphatic carbocycles. The van der Waals surface area contributed by atoms with Gasteiger partial charge in [0.2, 0.25) is 10.0 Å². The second-order valence-corrected chi connectivity index (χ2v) is 10.5. The first kappa shape index (κ1) is 21.5. The van der Waals surface area contributed by atoms with E-state index < -0.39 is 15.9 Å². The normalized spacial score (nSPS) is 11.9. The zero-order chi connectivity index (χ0) is 22.3. The Morgan fingerprint density at radius 1 is 1.19 bits per heavy atom. The number of aryl methyl sites for hydroxylation is 1. The number of sulfonamides is 1. The summed E-state index contributed by atoms with van der Waals surface area (Å²) in [6.45, 7) is 1.98. The van der Waals surface area contributed by atoms with Gasteiger partial charge >= 0.3 is 0 Å². The fraction of sp³-hybridized carbons (Fsp3) is 0.143. The molecular weight excluding hydrogens is 456 g/mol. The van der Waals surface area contributed by atoms with Crippen molar-refractivity contribution in [3.05, 3.63) is 64.1 Å². The topological polar surface area (TPSA) is 95.2 Å². The number of thiazole rings is 1. The van der Waals surface area contributed by atoms with Crippen LogP contribution in [-0.4, -0.2) is 42.7 Å². The molecule has 0 fully saturated rings. The number of amides is 1. The molecule has 1 amide bonds. The van der Waals surface area contributed by atoms with E-state index in [1.807, 2.05) is 36.6 Å². The first-order valence-electron chi connectivity index (χ1n) is 9.25. The number of rotatable bonds is 5. The minimum absolute atomic E-state index is 0.0524. The number of H-pyrrole nitrogens is 1. The van der Waals surface area contributed by atoms with E-state index in [9.17, 15) is 13.2 Å². The van der Waals surface area contributed by atoms with Gasteiger partial charge in [0.05, 0.1) is 10.7 Å². The molecule has 10 heteroatoms. The first-order valence-corrected chi connectivity index (χ1v) is 11.9. The molecule has 160 valence electrons. The Hall–Kier alpha value is -2.72. The summed E-state index contributed by atoms with van der Waals surface area (Å²) < 4.78 is 26.0. The Balaban J connectivity index is 1.62. The van der Waals surface area contributed by atoms with Crippen LogP contribution in [0.15, 0.2) is 52.7 Å². The molecule has 4 rings (SSSR count). The standard InChI is InChI=1S/C21H19ClN4O3S2/c1-12-19(14-6-4-5-7-16(14)23-12)17-11-30-21(24-17)25-20(27)13-8-9-15(22)18(10-13)31(28,29)26(2)3/h4-11,23H,1-3H3,(H,24,25,27). The minimum Gasteiger partial charge on any atom is -0.358 e. The summed E-state index contributed by atoms with van der Waals surface area (Å²) >= 11 is 7.36. The molecule has 31 heavy (non-hydrogen) atoms. The van der Waals surface area contributed by atoms with Gasteiger partial charge in [0.25, 0.3) is 5.91 Å². The molecule has 2 N–H and O–H groups in total. The van der Waals surface area contributed by atoms with Gasteiger partial charge in [-0.1, -0.05) is 29.8 Å². The van der Waals surface area contributed by atoms with E-state index in [-0.39, 0.29) is 15.5 Å². The maximum Gasteiger partial charge on any atom is 0.257 e. The SMILES string of the molecule is Cc1[nH]c2ccccc2c1-c1csc(NC(=O)c2ccc(Cl)c(S(=O)(=O)N(C)C)c2)n1. The zero-order valence-electron chi connectivity index (χ0n) is 16.9. The second kappa shape index (κ2) is 8.08. The largest absolute Gasteiger partial charge is 0.358 e.